The Bertz CT molecular complexity index is 637. The van der Waals surface area contributed by atoms with Gasteiger partial charge in [0.25, 0.3) is 6.47 Å². The van der Waals surface area contributed by atoms with Crippen LogP contribution in [0.4, 0.5) is 0 Å². The van der Waals surface area contributed by atoms with Crippen LogP contribution >= 0.6 is 12.6 Å². The molecule has 1 fully saturated rings. The summed E-state index contributed by atoms with van der Waals surface area (Å²) in [6, 6.07) is 2.56. The first-order valence-electron chi connectivity index (χ1n) is 7.30. The molecular weight excluding hydrogens is 286 g/mol. The van der Waals surface area contributed by atoms with Crippen molar-refractivity contribution in [1.82, 2.24) is 14.5 Å². The number of nitrogens with zero attached hydrogens (tertiary/aromatic N) is 3. The molecule has 1 saturated carbocycles. The molecule has 0 bridgehead atoms. The summed E-state index contributed by atoms with van der Waals surface area (Å²) in [5.41, 5.74) is 1.62. The van der Waals surface area contributed by atoms with E-state index in [0.29, 0.717) is 12.5 Å². The molecule has 2 aromatic heterocycles. The van der Waals surface area contributed by atoms with E-state index < -0.39 is 5.44 Å². The smallest absolute Gasteiger partial charge is 0.294 e. The van der Waals surface area contributed by atoms with Crippen LogP contribution in [0.2, 0.25) is 0 Å². The summed E-state index contributed by atoms with van der Waals surface area (Å²) < 4.78 is 7.30. The SMILES string of the molecule is CC(c1cc2cncnc2n1C1CCCC1)C(S)OC=O. The number of aromatic nitrogens is 3. The van der Waals surface area contributed by atoms with Gasteiger partial charge in [-0.2, -0.15) is 0 Å². The molecule has 112 valence electrons. The minimum atomic E-state index is -0.458. The Morgan fingerprint density at radius 2 is 2.24 bits per heavy atom. The highest BCUT2D eigenvalue weighted by Crippen LogP contribution is 2.37. The maximum absolute atomic E-state index is 10.6. The average molecular weight is 305 g/mol. The zero-order chi connectivity index (χ0) is 14.8. The number of fused-ring (bicyclic) bond motifs is 1. The summed E-state index contributed by atoms with van der Waals surface area (Å²) in [7, 11) is 0. The molecule has 0 spiro atoms. The van der Waals surface area contributed by atoms with Gasteiger partial charge in [0.2, 0.25) is 0 Å². The summed E-state index contributed by atoms with van der Waals surface area (Å²) in [6.45, 7) is 2.48. The Labute approximate surface area is 129 Å². The van der Waals surface area contributed by atoms with Crippen LogP contribution in [-0.4, -0.2) is 26.4 Å². The molecule has 1 aliphatic rings. The van der Waals surface area contributed by atoms with E-state index >= 15 is 0 Å². The fourth-order valence-corrected chi connectivity index (χ4v) is 3.41. The van der Waals surface area contributed by atoms with Crippen LogP contribution in [0.15, 0.2) is 18.6 Å². The summed E-state index contributed by atoms with van der Waals surface area (Å²) in [4.78, 5) is 19.1. The standard InChI is InChI=1S/C15H19N3O2S/c1-10(15(21)20-9-19)13-6-11-7-16-8-17-14(11)18(13)12-4-2-3-5-12/h6-10,12,15,21H,2-5H2,1H3. The quantitative estimate of drug-likeness (QED) is 0.524. The number of carbonyl (C=O) groups excluding carboxylic acids is 1. The van der Waals surface area contributed by atoms with E-state index in [1.54, 1.807) is 6.33 Å². The van der Waals surface area contributed by atoms with Crippen LogP contribution < -0.4 is 0 Å². The van der Waals surface area contributed by atoms with Crippen LogP contribution in [0.25, 0.3) is 11.0 Å². The molecule has 0 saturated heterocycles. The van der Waals surface area contributed by atoms with Gasteiger partial charge in [-0.15, -0.1) is 12.6 Å². The van der Waals surface area contributed by atoms with Crippen molar-refractivity contribution in [2.75, 3.05) is 0 Å². The highest BCUT2D eigenvalue weighted by molar-refractivity contribution is 7.80. The van der Waals surface area contributed by atoms with Crippen LogP contribution in [0, 0.1) is 0 Å². The third-order valence-corrected chi connectivity index (χ3v) is 4.88. The second kappa shape index (κ2) is 6.05. The van der Waals surface area contributed by atoms with E-state index in [9.17, 15) is 4.79 Å². The van der Waals surface area contributed by atoms with Crippen LogP contribution in [0.1, 0.15) is 50.3 Å². The lowest BCUT2D eigenvalue weighted by Crippen LogP contribution is -2.19. The Morgan fingerprint density at radius 3 is 2.95 bits per heavy atom. The predicted octanol–water partition coefficient (Wildman–Crippen LogP) is 3.08. The minimum Gasteiger partial charge on any atom is -0.453 e. The Kier molecular flexibility index (Phi) is 4.14. The fourth-order valence-electron chi connectivity index (χ4n) is 3.21. The van der Waals surface area contributed by atoms with Gasteiger partial charge in [0.15, 0.2) is 5.44 Å². The van der Waals surface area contributed by atoms with Crippen molar-refractivity contribution in [3.63, 3.8) is 0 Å². The lowest BCUT2D eigenvalue weighted by molar-refractivity contribution is -0.130. The van der Waals surface area contributed by atoms with Crippen molar-refractivity contribution in [3.8, 4) is 0 Å². The molecule has 0 amide bonds. The molecule has 2 heterocycles. The van der Waals surface area contributed by atoms with Gasteiger partial charge >= 0.3 is 0 Å². The summed E-state index contributed by atoms with van der Waals surface area (Å²) in [5.74, 6) is -0.00617. The number of hydrogen-bond donors (Lipinski definition) is 1. The molecular formula is C15H19N3O2S. The minimum absolute atomic E-state index is 0.00617. The second-order valence-electron chi connectivity index (χ2n) is 5.59. The average Bonchev–Trinajstić information content (AvgIpc) is 3.13. The summed E-state index contributed by atoms with van der Waals surface area (Å²) in [5, 5.41) is 1.03. The van der Waals surface area contributed by atoms with Crippen molar-refractivity contribution < 1.29 is 9.53 Å². The van der Waals surface area contributed by atoms with E-state index in [2.05, 4.69) is 33.2 Å². The lowest BCUT2D eigenvalue weighted by atomic mass is 10.1. The number of carbonyl (C=O) groups is 1. The van der Waals surface area contributed by atoms with E-state index in [1.807, 2.05) is 13.1 Å². The van der Waals surface area contributed by atoms with Gasteiger partial charge in [-0.3, -0.25) is 4.79 Å². The van der Waals surface area contributed by atoms with Crippen molar-refractivity contribution in [1.29, 1.82) is 0 Å². The number of hydrogen-bond acceptors (Lipinski definition) is 5. The predicted molar refractivity (Wildman–Crippen MR) is 83.4 cm³/mol. The summed E-state index contributed by atoms with van der Waals surface area (Å²) in [6.07, 6.45) is 8.25. The van der Waals surface area contributed by atoms with Crippen molar-refractivity contribution in [3.05, 3.63) is 24.3 Å². The highest BCUT2D eigenvalue weighted by Gasteiger charge is 2.27. The molecule has 2 unspecified atom stereocenters. The normalized spacial score (nSPS) is 18.8. The van der Waals surface area contributed by atoms with Gasteiger partial charge in [-0.25, -0.2) is 9.97 Å². The fraction of sp³-hybridized carbons (Fsp3) is 0.533. The summed E-state index contributed by atoms with van der Waals surface area (Å²) >= 11 is 4.39. The maximum atomic E-state index is 10.6. The topological polar surface area (TPSA) is 57.0 Å². The van der Waals surface area contributed by atoms with Gasteiger partial charge < -0.3 is 9.30 Å². The third kappa shape index (κ3) is 2.64. The highest BCUT2D eigenvalue weighted by atomic mass is 32.1. The van der Waals surface area contributed by atoms with E-state index in [-0.39, 0.29) is 5.92 Å². The largest absolute Gasteiger partial charge is 0.453 e. The van der Waals surface area contributed by atoms with Crippen LogP contribution in [-0.2, 0) is 9.53 Å². The molecule has 0 radical (unpaired) electrons. The van der Waals surface area contributed by atoms with Crippen LogP contribution in [0.5, 0.6) is 0 Å². The molecule has 0 N–H and O–H groups in total. The molecule has 21 heavy (non-hydrogen) atoms. The number of ether oxygens (including phenoxy) is 1. The third-order valence-electron chi connectivity index (χ3n) is 4.31. The molecule has 2 atom stereocenters. The van der Waals surface area contributed by atoms with Crippen molar-refractivity contribution in [2.45, 2.75) is 50.0 Å². The Morgan fingerprint density at radius 1 is 1.48 bits per heavy atom. The van der Waals surface area contributed by atoms with Crippen molar-refractivity contribution in [2.24, 2.45) is 0 Å². The Hall–Kier alpha value is -1.56. The van der Waals surface area contributed by atoms with Gasteiger partial charge in [-0.1, -0.05) is 19.8 Å². The second-order valence-corrected chi connectivity index (χ2v) is 6.10. The molecule has 1 aliphatic carbocycles. The first kappa shape index (κ1) is 14.4. The monoisotopic (exact) mass is 305 g/mol. The number of rotatable bonds is 5. The molecule has 5 nitrogen and oxygen atoms in total. The zero-order valence-electron chi connectivity index (χ0n) is 12.0. The maximum Gasteiger partial charge on any atom is 0.294 e. The van der Waals surface area contributed by atoms with Gasteiger partial charge in [0.1, 0.15) is 12.0 Å². The van der Waals surface area contributed by atoms with Gasteiger partial charge in [0.05, 0.1) is 0 Å². The van der Waals surface area contributed by atoms with Crippen LogP contribution in [0.3, 0.4) is 0 Å². The molecule has 0 aromatic carbocycles. The lowest BCUT2D eigenvalue weighted by Gasteiger charge is -2.23. The van der Waals surface area contributed by atoms with Crippen molar-refractivity contribution >= 4 is 30.1 Å². The van der Waals surface area contributed by atoms with Gasteiger partial charge in [0, 0.05) is 29.2 Å². The first-order chi connectivity index (χ1) is 10.2. The van der Waals surface area contributed by atoms with E-state index in [0.717, 1.165) is 16.7 Å². The molecule has 3 rings (SSSR count). The zero-order valence-corrected chi connectivity index (χ0v) is 12.9. The van der Waals surface area contributed by atoms with E-state index in [1.165, 1.54) is 25.7 Å². The Balaban J connectivity index is 2.07. The number of thiol groups is 1. The van der Waals surface area contributed by atoms with Gasteiger partial charge in [-0.05, 0) is 18.9 Å². The molecule has 6 heteroatoms. The molecule has 0 aliphatic heterocycles. The first-order valence-corrected chi connectivity index (χ1v) is 7.82. The van der Waals surface area contributed by atoms with E-state index in [4.69, 9.17) is 4.74 Å². The molecule has 2 aromatic rings.